The van der Waals surface area contributed by atoms with Gasteiger partial charge in [-0.2, -0.15) is 0 Å². The summed E-state index contributed by atoms with van der Waals surface area (Å²) in [6.45, 7) is 9.42. The molecule has 6 nitrogen and oxygen atoms in total. The first-order chi connectivity index (χ1) is 25.4. The third-order valence-corrected chi connectivity index (χ3v) is 10.5. The summed E-state index contributed by atoms with van der Waals surface area (Å²) in [7, 11) is -1.23. The van der Waals surface area contributed by atoms with Crippen LogP contribution in [-0.4, -0.2) is 45.4 Å². The van der Waals surface area contributed by atoms with Crippen molar-refractivity contribution in [2.75, 3.05) is 6.61 Å². The molecule has 0 radical (unpaired) electrons. The summed E-state index contributed by atoms with van der Waals surface area (Å²) in [6.07, 6.45) is -2.87. The average molecular weight is 717 g/mol. The molecule has 1 aliphatic heterocycles. The fraction of sp³-hybridized carbons (Fsp3) is 0.333. The van der Waals surface area contributed by atoms with E-state index in [9.17, 15) is 0 Å². The van der Waals surface area contributed by atoms with Crippen LogP contribution in [0.25, 0.3) is 0 Å². The predicted molar refractivity (Wildman–Crippen MR) is 208 cm³/mol. The quantitative estimate of drug-likeness (QED) is 0.0843. The van der Waals surface area contributed by atoms with Crippen molar-refractivity contribution in [3.63, 3.8) is 0 Å². The van der Waals surface area contributed by atoms with Gasteiger partial charge in [0.15, 0.2) is 6.29 Å². The fourth-order valence-electron chi connectivity index (χ4n) is 6.43. The molecule has 1 saturated heterocycles. The first-order valence-electron chi connectivity index (χ1n) is 18.3. The first kappa shape index (κ1) is 37.8. The van der Waals surface area contributed by atoms with Crippen molar-refractivity contribution in [2.45, 2.75) is 89.4 Å². The van der Waals surface area contributed by atoms with E-state index >= 15 is 0 Å². The normalized spacial score (nSPS) is 20.5. The van der Waals surface area contributed by atoms with E-state index in [1.165, 1.54) is 5.56 Å². The second kappa shape index (κ2) is 19.2. The van der Waals surface area contributed by atoms with Gasteiger partial charge in [-0.15, -0.1) is 0 Å². The van der Waals surface area contributed by atoms with Gasteiger partial charge in [0.1, 0.15) is 24.4 Å². The minimum absolute atomic E-state index is 0.288. The third-order valence-electron chi connectivity index (χ3n) is 9.01. The summed E-state index contributed by atoms with van der Waals surface area (Å²) in [5, 5.41) is 0. The van der Waals surface area contributed by atoms with E-state index in [4.69, 9.17) is 28.4 Å². The molecule has 0 aromatic heterocycles. The largest absolute Gasteiger partial charge is 0.374 e. The maximum absolute atomic E-state index is 6.85. The first-order valence-corrected chi connectivity index (χ1v) is 22.0. The van der Waals surface area contributed by atoms with E-state index in [1.807, 2.05) is 72.8 Å². The average Bonchev–Trinajstić information content (AvgIpc) is 3.17. The smallest absolute Gasteiger partial charge is 0.187 e. The van der Waals surface area contributed by atoms with Crippen LogP contribution >= 0.6 is 0 Å². The lowest BCUT2D eigenvalue weighted by Crippen LogP contribution is -2.61. The van der Waals surface area contributed by atoms with Crippen molar-refractivity contribution < 1.29 is 28.4 Å². The van der Waals surface area contributed by atoms with E-state index in [2.05, 4.69) is 92.4 Å². The number of benzene rings is 5. The molecule has 5 unspecified atom stereocenters. The highest BCUT2D eigenvalue weighted by Gasteiger charge is 2.49. The van der Waals surface area contributed by atoms with Crippen molar-refractivity contribution in [1.29, 1.82) is 0 Å². The maximum Gasteiger partial charge on any atom is 0.187 e. The molecule has 0 spiro atoms. The summed E-state index contributed by atoms with van der Waals surface area (Å²) >= 11 is 0. The topological polar surface area (TPSA) is 55.4 Å². The summed E-state index contributed by atoms with van der Waals surface area (Å²) in [5.41, 5.74) is 6.70. The Morgan fingerprint density at radius 2 is 0.808 bits per heavy atom. The second-order valence-electron chi connectivity index (χ2n) is 14.7. The van der Waals surface area contributed by atoms with Crippen molar-refractivity contribution in [3.8, 4) is 0 Å². The molecule has 6 rings (SSSR count). The molecular formula is C45H52O6Si. The summed E-state index contributed by atoms with van der Waals surface area (Å²) in [5.74, 6) is 0. The van der Waals surface area contributed by atoms with Crippen molar-refractivity contribution in [1.82, 2.24) is 0 Å². The molecule has 52 heavy (non-hydrogen) atoms. The van der Waals surface area contributed by atoms with Crippen LogP contribution in [0.1, 0.15) is 33.4 Å². The number of hydrogen-bond acceptors (Lipinski definition) is 6. The Morgan fingerprint density at radius 3 is 1.29 bits per heavy atom. The van der Waals surface area contributed by atoms with Crippen molar-refractivity contribution in [2.24, 2.45) is 0 Å². The Balaban J connectivity index is 1.28. The van der Waals surface area contributed by atoms with Crippen molar-refractivity contribution >= 4 is 8.07 Å². The van der Waals surface area contributed by atoms with Crippen LogP contribution < -0.4 is 0 Å². The van der Waals surface area contributed by atoms with Crippen LogP contribution in [0.15, 0.2) is 146 Å². The number of rotatable bonds is 18. The van der Waals surface area contributed by atoms with Crippen LogP contribution in [0.2, 0.25) is 19.6 Å². The van der Waals surface area contributed by atoms with Crippen LogP contribution in [0.5, 0.6) is 0 Å². The summed E-state index contributed by atoms with van der Waals surface area (Å²) < 4.78 is 40.2. The van der Waals surface area contributed by atoms with E-state index in [1.54, 1.807) is 0 Å². The lowest BCUT2D eigenvalue weighted by atomic mass is 9.97. The Hall–Kier alpha value is -3.92. The van der Waals surface area contributed by atoms with Gasteiger partial charge in [-0.25, -0.2) is 0 Å². The summed E-state index contributed by atoms with van der Waals surface area (Å²) in [6, 6.07) is 50.6. The SMILES string of the molecule is C[Si](C)(C)Cc1ccc(COC2OC(COCc3ccccc3)C(OCc3ccccc3)C(OCc3ccccc3)C2OCc2ccccc2)cc1. The van der Waals surface area contributed by atoms with E-state index in [-0.39, 0.29) is 6.61 Å². The van der Waals surface area contributed by atoms with Crippen LogP contribution in [0, 0.1) is 0 Å². The Kier molecular flexibility index (Phi) is 14.0. The van der Waals surface area contributed by atoms with Gasteiger partial charge in [-0.05, 0) is 33.9 Å². The van der Waals surface area contributed by atoms with E-state index in [0.29, 0.717) is 33.0 Å². The van der Waals surface area contributed by atoms with Gasteiger partial charge in [0.05, 0.1) is 39.6 Å². The van der Waals surface area contributed by atoms with Gasteiger partial charge in [0.2, 0.25) is 0 Å². The molecule has 0 bridgehead atoms. The van der Waals surface area contributed by atoms with Gasteiger partial charge >= 0.3 is 0 Å². The molecule has 5 aromatic rings. The molecule has 5 aromatic carbocycles. The highest BCUT2D eigenvalue weighted by atomic mass is 28.3. The molecular weight excluding hydrogens is 665 g/mol. The monoisotopic (exact) mass is 716 g/mol. The molecule has 0 N–H and O–H groups in total. The molecule has 1 heterocycles. The molecule has 1 fully saturated rings. The molecule has 7 heteroatoms. The highest BCUT2D eigenvalue weighted by Crippen LogP contribution is 2.32. The molecule has 5 atom stereocenters. The molecule has 0 amide bonds. The summed E-state index contributed by atoms with van der Waals surface area (Å²) in [4.78, 5) is 0. The lowest BCUT2D eigenvalue weighted by molar-refractivity contribution is -0.330. The fourth-order valence-corrected chi connectivity index (χ4v) is 7.89. The standard InChI is InChI=1S/C45H52O6Si/c1-52(2,3)34-40-26-24-39(25-27-40)32-50-45-44(49-31-38-22-14-7-15-23-38)43(48-30-37-20-12-6-13-21-37)42(47-29-36-18-10-5-11-19-36)41(51-45)33-46-28-35-16-8-4-9-17-35/h4-27,41-45H,28-34H2,1-3H3. The lowest BCUT2D eigenvalue weighted by Gasteiger charge is -2.46. The van der Waals surface area contributed by atoms with Gasteiger partial charge in [0, 0.05) is 8.07 Å². The maximum atomic E-state index is 6.85. The third kappa shape index (κ3) is 11.8. The Bertz CT molecular complexity index is 1710. The van der Waals surface area contributed by atoms with Gasteiger partial charge < -0.3 is 28.4 Å². The zero-order chi connectivity index (χ0) is 36.0. The zero-order valence-electron chi connectivity index (χ0n) is 30.6. The van der Waals surface area contributed by atoms with E-state index < -0.39 is 38.8 Å². The molecule has 0 aliphatic carbocycles. The minimum atomic E-state index is -1.23. The molecule has 1 aliphatic rings. The Morgan fingerprint density at radius 1 is 0.423 bits per heavy atom. The minimum Gasteiger partial charge on any atom is -0.374 e. The number of ether oxygens (including phenoxy) is 6. The van der Waals surface area contributed by atoms with Crippen molar-refractivity contribution in [3.05, 3.63) is 179 Å². The van der Waals surface area contributed by atoms with Crippen LogP contribution in [-0.2, 0) is 67.5 Å². The zero-order valence-corrected chi connectivity index (χ0v) is 31.6. The van der Waals surface area contributed by atoms with Gasteiger partial charge in [0.25, 0.3) is 0 Å². The highest BCUT2D eigenvalue weighted by molar-refractivity contribution is 6.75. The second-order valence-corrected chi connectivity index (χ2v) is 20.2. The van der Waals surface area contributed by atoms with Crippen LogP contribution in [0.4, 0.5) is 0 Å². The predicted octanol–water partition coefficient (Wildman–Crippen LogP) is 9.32. The Labute approximate surface area is 310 Å². The van der Waals surface area contributed by atoms with Gasteiger partial charge in [-0.1, -0.05) is 171 Å². The molecule has 0 saturated carbocycles. The van der Waals surface area contributed by atoms with Gasteiger partial charge in [-0.3, -0.25) is 0 Å². The molecule has 272 valence electrons. The van der Waals surface area contributed by atoms with E-state index in [0.717, 1.165) is 33.9 Å². The number of hydrogen-bond donors (Lipinski definition) is 0. The van der Waals surface area contributed by atoms with Crippen LogP contribution in [0.3, 0.4) is 0 Å².